The number of nitrogens with zero attached hydrogens (tertiary/aromatic N) is 1. The minimum atomic E-state index is -4.97. The van der Waals surface area contributed by atoms with Crippen molar-refractivity contribution in [1.82, 2.24) is 4.98 Å². The zero-order chi connectivity index (χ0) is 13.2. The first kappa shape index (κ1) is 14.3. The van der Waals surface area contributed by atoms with Gasteiger partial charge in [0, 0.05) is 6.07 Å². The third-order valence-corrected chi connectivity index (χ3v) is 2.62. The quantitative estimate of drug-likeness (QED) is 0.497. The van der Waals surface area contributed by atoms with Crippen molar-refractivity contribution in [2.45, 2.75) is 12.2 Å². The van der Waals surface area contributed by atoms with Crippen LogP contribution < -0.4 is 4.74 Å². The Labute approximate surface area is 112 Å². The van der Waals surface area contributed by atoms with Crippen LogP contribution in [0.15, 0.2) is 6.07 Å². The van der Waals surface area contributed by atoms with Gasteiger partial charge in [-0.15, -0.1) is 24.8 Å². The lowest BCUT2D eigenvalue weighted by molar-refractivity contribution is -0.274. The minimum Gasteiger partial charge on any atom is -0.477 e. The molecular formula is C8H4ClF3INO3. The summed E-state index contributed by atoms with van der Waals surface area (Å²) in [6.07, 6.45) is -4.97. The van der Waals surface area contributed by atoms with Gasteiger partial charge in [0.15, 0.2) is 0 Å². The van der Waals surface area contributed by atoms with Crippen molar-refractivity contribution in [2.24, 2.45) is 0 Å². The van der Waals surface area contributed by atoms with Gasteiger partial charge in [0.05, 0.1) is 11.6 Å². The van der Waals surface area contributed by atoms with E-state index in [1.807, 2.05) is 0 Å². The summed E-state index contributed by atoms with van der Waals surface area (Å²) >= 11 is 6.93. The molecule has 0 aliphatic heterocycles. The topological polar surface area (TPSA) is 59.4 Å². The average Bonchev–Trinajstić information content (AvgIpc) is 2.13. The van der Waals surface area contributed by atoms with Crippen molar-refractivity contribution in [3.8, 4) is 5.75 Å². The van der Waals surface area contributed by atoms with E-state index in [4.69, 9.17) is 16.7 Å². The third kappa shape index (κ3) is 3.87. The van der Waals surface area contributed by atoms with Gasteiger partial charge in [0.25, 0.3) is 0 Å². The maximum atomic E-state index is 12.1. The predicted octanol–water partition coefficient (Wildman–Crippen LogP) is 3.02. The molecule has 0 unspecified atom stereocenters. The predicted molar refractivity (Wildman–Crippen MR) is 60.2 cm³/mol. The summed E-state index contributed by atoms with van der Waals surface area (Å²) in [7, 11) is 0. The molecule has 0 bridgehead atoms. The molecule has 1 aromatic rings. The molecule has 0 amide bonds. The molecule has 0 aliphatic carbocycles. The highest BCUT2D eigenvalue weighted by molar-refractivity contribution is 14.1. The van der Waals surface area contributed by atoms with Gasteiger partial charge in [-0.3, -0.25) is 0 Å². The number of aromatic carboxylic acids is 1. The van der Waals surface area contributed by atoms with Crippen molar-refractivity contribution >= 4 is 40.2 Å². The molecule has 0 aromatic carbocycles. The molecule has 0 atom stereocenters. The zero-order valence-electron chi connectivity index (χ0n) is 7.89. The number of hydrogen-bond donors (Lipinski definition) is 1. The Bertz CT molecular complexity index is 452. The number of alkyl halides is 4. The summed E-state index contributed by atoms with van der Waals surface area (Å²) in [4.78, 5) is 14.5. The molecule has 94 valence electrons. The van der Waals surface area contributed by atoms with Crippen LogP contribution in [-0.2, 0) is 5.88 Å². The molecule has 17 heavy (non-hydrogen) atoms. The maximum Gasteiger partial charge on any atom is 0.573 e. The second kappa shape index (κ2) is 5.25. The Balaban J connectivity index is 3.32. The van der Waals surface area contributed by atoms with E-state index in [2.05, 4.69) is 9.72 Å². The highest BCUT2D eigenvalue weighted by Crippen LogP contribution is 2.30. The highest BCUT2D eigenvalue weighted by Gasteiger charge is 2.34. The molecule has 0 spiro atoms. The van der Waals surface area contributed by atoms with E-state index < -0.39 is 23.6 Å². The Kier molecular flexibility index (Phi) is 4.42. The van der Waals surface area contributed by atoms with E-state index in [0.717, 1.165) is 6.07 Å². The fraction of sp³-hybridized carbons (Fsp3) is 0.250. The van der Waals surface area contributed by atoms with Crippen LogP contribution in [0.25, 0.3) is 0 Å². The molecule has 0 saturated carbocycles. The van der Waals surface area contributed by atoms with Gasteiger partial charge in [0.1, 0.15) is 15.0 Å². The Morgan fingerprint density at radius 1 is 1.59 bits per heavy atom. The Hall–Kier alpha value is -0.770. The van der Waals surface area contributed by atoms with Crippen LogP contribution in [0.1, 0.15) is 16.1 Å². The average molecular weight is 381 g/mol. The largest absolute Gasteiger partial charge is 0.573 e. The molecule has 1 heterocycles. The molecule has 1 N–H and O–H groups in total. The van der Waals surface area contributed by atoms with E-state index >= 15 is 0 Å². The molecule has 9 heteroatoms. The van der Waals surface area contributed by atoms with Gasteiger partial charge in [0.2, 0.25) is 0 Å². The number of carboxylic acid groups (broad SMARTS) is 1. The number of carboxylic acids is 1. The van der Waals surface area contributed by atoms with Crippen LogP contribution in [0, 0.1) is 3.70 Å². The van der Waals surface area contributed by atoms with Crippen molar-refractivity contribution in [3.05, 3.63) is 21.0 Å². The molecular weight excluding hydrogens is 377 g/mol. The van der Waals surface area contributed by atoms with Gasteiger partial charge in [-0.2, -0.15) is 0 Å². The molecule has 0 aliphatic rings. The minimum absolute atomic E-state index is 0.0975. The summed E-state index contributed by atoms with van der Waals surface area (Å²) in [5.41, 5.74) is -0.544. The fourth-order valence-electron chi connectivity index (χ4n) is 1.01. The van der Waals surface area contributed by atoms with Crippen LogP contribution in [0.2, 0.25) is 0 Å². The number of aromatic nitrogens is 1. The second-order valence-corrected chi connectivity index (χ2v) is 4.05. The molecule has 0 saturated heterocycles. The molecule has 0 radical (unpaired) electrons. The van der Waals surface area contributed by atoms with Crippen molar-refractivity contribution in [1.29, 1.82) is 0 Å². The van der Waals surface area contributed by atoms with E-state index in [-0.39, 0.29) is 15.3 Å². The van der Waals surface area contributed by atoms with E-state index in [1.54, 1.807) is 0 Å². The standard InChI is InChI=1S/C8H4ClF3INO3/c9-2-3-1-4(17-8(10,11)12)5(7(15)16)6(13)14-3/h1H,2H2,(H,15,16). The van der Waals surface area contributed by atoms with Crippen LogP contribution in [-0.4, -0.2) is 22.4 Å². The number of carbonyl (C=O) groups is 1. The summed E-state index contributed by atoms with van der Waals surface area (Å²) in [5, 5.41) is 8.78. The summed E-state index contributed by atoms with van der Waals surface area (Å²) in [5.74, 6) is -2.52. The first-order chi connectivity index (χ1) is 7.74. The van der Waals surface area contributed by atoms with Crippen LogP contribution in [0.3, 0.4) is 0 Å². The van der Waals surface area contributed by atoms with Crippen molar-refractivity contribution < 1.29 is 27.8 Å². The summed E-state index contributed by atoms with van der Waals surface area (Å²) in [6, 6.07) is 0.853. The van der Waals surface area contributed by atoms with Crippen LogP contribution in [0.5, 0.6) is 5.75 Å². The van der Waals surface area contributed by atoms with E-state index in [9.17, 15) is 18.0 Å². The number of pyridine rings is 1. The number of ether oxygens (including phenoxy) is 1. The van der Waals surface area contributed by atoms with Gasteiger partial charge < -0.3 is 9.84 Å². The normalized spacial score (nSPS) is 11.4. The smallest absolute Gasteiger partial charge is 0.477 e. The number of hydrogen-bond acceptors (Lipinski definition) is 3. The maximum absolute atomic E-state index is 12.1. The third-order valence-electron chi connectivity index (χ3n) is 1.57. The zero-order valence-corrected chi connectivity index (χ0v) is 10.8. The Morgan fingerprint density at radius 3 is 2.59 bits per heavy atom. The monoisotopic (exact) mass is 381 g/mol. The van der Waals surface area contributed by atoms with Gasteiger partial charge >= 0.3 is 12.3 Å². The lowest BCUT2D eigenvalue weighted by Crippen LogP contribution is -2.20. The first-order valence-electron chi connectivity index (χ1n) is 3.99. The van der Waals surface area contributed by atoms with Crippen molar-refractivity contribution in [2.75, 3.05) is 0 Å². The summed E-state index contributed by atoms with van der Waals surface area (Å²) < 4.78 is 39.8. The van der Waals surface area contributed by atoms with Crippen LogP contribution >= 0.6 is 34.2 Å². The summed E-state index contributed by atoms with van der Waals surface area (Å²) in [6.45, 7) is 0. The lowest BCUT2D eigenvalue weighted by atomic mass is 10.2. The second-order valence-electron chi connectivity index (χ2n) is 2.76. The van der Waals surface area contributed by atoms with Crippen molar-refractivity contribution in [3.63, 3.8) is 0 Å². The van der Waals surface area contributed by atoms with E-state index in [1.165, 1.54) is 22.6 Å². The molecule has 4 nitrogen and oxygen atoms in total. The van der Waals surface area contributed by atoms with Gasteiger partial charge in [-0.1, -0.05) is 0 Å². The molecule has 1 aromatic heterocycles. The SMILES string of the molecule is O=C(O)c1c(OC(F)(F)F)cc(CCl)nc1I. The van der Waals surface area contributed by atoms with E-state index in [0.29, 0.717) is 0 Å². The number of halogens is 5. The van der Waals surface area contributed by atoms with Gasteiger partial charge in [-0.05, 0) is 22.6 Å². The van der Waals surface area contributed by atoms with Crippen LogP contribution in [0.4, 0.5) is 13.2 Å². The highest BCUT2D eigenvalue weighted by atomic mass is 127. The molecule has 1 rings (SSSR count). The lowest BCUT2D eigenvalue weighted by Gasteiger charge is -2.12. The van der Waals surface area contributed by atoms with Gasteiger partial charge in [-0.25, -0.2) is 9.78 Å². The molecule has 0 fully saturated rings. The number of rotatable bonds is 3. The Morgan fingerprint density at radius 2 is 2.18 bits per heavy atom. The fourth-order valence-corrected chi connectivity index (χ4v) is 1.95. The first-order valence-corrected chi connectivity index (χ1v) is 5.60.